The summed E-state index contributed by atoms with van der Waals surface area (Å²) in [4.78, 5) is 83.3. The third-order valence-electron chi connectivity index (χ3n) is 43.9. The monoisotopic (exact) mass is 2080 g/mol. The molecule has 22 unspecified atom stereocenters. The molecule has 22 atom stereocenters. The van der Waals surface area contributed by atoms with Gasteiger partial charge in [-0.2, -0.15) is 9.64 Å². The van der Waals surface area contributed by atoms with Crippen LogP contribution in [0.25, 0.3) is 15.5 Å². The second kappa shape index (κ2) is 42.7. The number of likely N-dealkylation sites (N-methyl/N-ethyl adjacent to an activating group) is 4. The van der Waals surface area contributed by atoms with Crippen LogP contribution in [0.5, 0.6) is 0 Å². The summed E-state index contributed by atoms with van der Waals surface area (Å²) < 4.78 is 84.4. The summed E-state index contributed by atoms with van der Waals surface area (Å²) in [7, 11) is 15.8. The third-order valence-corrected chi connectivity index (χ3v) is 46.0. The molecular formula is C114H184F2N22O7S2. The first-order valence-electron chi connectivity index (χ1n) is 59.7. The largest absolute Gasteiger partial charge is 0.491 e. The minimum absolute atomic E-state index is 0.00555. The Bertz CT molecular complexity index is 5030. The summed E-state index contributed by atoms with van der Waals surface area (Å²) in [6, 6.07) is -0.196. The van der Waals surface area contributed by atoms with Crippen LogP contribution in [-0.4, -0.2) is 442 Å². The highest BCUT2D eigenvalue weighted by Crippen LogP contribution is 2.77. The Morgan fingerprint density at radius 2 is 1.41 bits per heavy atom. The molecule has 29 nitrogen and oxygen atoms in total. The van der Waals surface area contributed by atoms with Gasteiger partial charge >= 0.3 is 0 Å². The molecule has 20 aliphatic heterocycles. The summed E-state index contributed by atoms with van der Waals surface area (Å²) in [5.74, 6) is -2.96. The van der Waals surface area contributed by atoms with Crippen molar-refractivity contribution >= 4 is 40.3 Å². The van der Waals surface area contributed by atoms with E-state index in [1.54, 1.807) is 11.5 Å². The summed E-state index contributed by atoms with van der Waals surface area (Å²) in [5, 5.41) is 35.0. The Morgan fingerprint density at radius 3 is 2.16 bits per heavy atom. The first kappa shape index (κ1) is 106. The number of hydrogen-bond donors (Lipinski definition) is 5. The number of aromatic nitrogens is 2. The topological polar surface area (TPSA) is 235 Å². The van der Waals surface area contributed by atoms with E-state index in [1.165, 1.54) is 54.7 Å². The van der Waals surface area contributed by atoms with Crippen LogP contribution < -0.4 is 26.6 Å². The maximum absolute atomic E-state index is 20.3. The third kappa shape index (κ3) is 16.5. The van der Waals surface area contributed by atoms with Gasteiger partial charge in [0, 0.05) is 175 Å². The minimum Gasteiger partial charge on any atom is -0.491 e. The molecule has 0 bridgehead atoms. The van der Waals surface area contributed by atoms with Crippen LogP contribution in [0.2, 0.25) is 0 Å². The van der Waals surface area contributed by atoms with Crippen LogP contribution >= 0.6 is 22.9 Å². The molecule has 23 rings (SSSR count). The van der Waals surface area contributed by atoms with Crippen molar-refractivity contribution in [1.82, 2.24) is 105 Å². The number of likely N-dealkylation sites (tertiary alicyclic amines) is 11. The van der Waals surface area contributed by atoms with Crippen molar-refractivity contribution < 1.29 is 42.1 Å². The van der Waals surface area contributed by atoms with Crippen LogP contribution in [-0.2, 0) is 38.8 Å². The van der Waals surface area contributed by atoms with Gasteiger partial charge in [0.15, 0.2) is 0 Å². The zero-order chi connectivity index (χ0) is 101. The fourth-order valence-electron chi connectivity index (χ4n) is 38.0. The zero-order valence-corrected chi connectivity index (χ0v) is 93.3. The zero-order valence-electron chi connectivity index (χ0n) is 91.7. The van der Waals surface area contributed by atoms with E-state index < -0.39 is 86.9 Å². The number of carbonyl (C=O) groups excluding carboxylic acids is 2. The van der Waals surface area contributed by atoms with Gasteiger partial charge in [-0.25, -0.2) is 13.8 Å². The summed E-state index contributed by atoms with van der Waals surface area (Å²) in [5.41, 5.74) is -5.06. The standard InChI is InChI=1S/C114H184F2N22O7S2/c1-12-131-58-20-16-33-84(131)97-96(107(91-35-14-13-18-55-128(91)8)44-17-21-59-132(107)66-69-141-11)99(147-124-97)101-122-74-89(146-101)95-83(41-68-144-98(95)87-73-120-53-64-127(87)7)88-77-142-70-67-137(88)109(45-28-62-136(109)82-31-22-32-82)90-75-135(104(140)111(103-108(115,116)47-52-121-103,92-36-24-60-133(92)79(2)3)114(90,105(4)42-26-49-123-105)106(78-117)43-27-56-129(106)9)86-40-63-134(102(86)139)94-37-25-61-138(94)110(46-29-57-130(110)10)113(93-76-125(5)65-71-143-93)100(85-34-15-19-54-126(85)6)112(145-113,80-38-50-118-51-39-80)81-30-23-48-119-72-81/h41,74,79-82,84-88,90-94,100,103,118-121,123H,12-40,42-73,75-77H2,1-11H3. The van der Waals surface area contributed by atoms with Crippen LogP contribution in [0.3, 0.4) is 0 Å². The number of hydrogen-bond acceptors (Lipinski definition) is 29. The number of carbonyl (C=O) groups is 2. The van der Waals surface area contributed by atoms with E-state index in [0.29, 0.717) is 129 Å². The number of piperidine rings is 6. The SMILES string of the molecule is CCN1CCCCC1c1nsc(-c2ncc(C3=C(C4CNCCN4C)OCC=C3C3COCCN3C3(C4CN(C5CCN(C6CCCN6C6(C7(C8CN(C)CCO8)OC(C8CCNCC8)(C8CCCNC8)C7C7CCCCN7C)CCCN6C)C5=O)C(=O)C(C5CCCN5C(C)C)(C5NCCC5(F)F)C4(C4(C)CCCN4)C4(C#N)CCCN4C)CCCN3C3CCC3)s2)c1C1(C2CCCCCN2C)CCCCN1CCOC. The molecular weight excluding hydrogens is 1890 g/mol. The van der Waals surface area contributed by atoms with Crippen molar-refractivity contribution in [1.29, 1.82) is 5.26 Å². The van der Waals surface area contributed by atoms with Gasteiger partial charge in [-0.05, 0) is 350 Å². The average molecular weight is 2080 g/mol. The van der Waals surface area contributed by atoms with E-state index in [4.69, 9.17) is 33.0 Å². The lowest BCUT2D eigenvalue weighted by Crippen LogP contribution is -2.92. The highest BCUT2D eigenvalue weighted by molar-refractivity contribution is 7.20. The number of thiazole rings is 1. The molecule has 5 N–H and O–H groups in total. The molecule has 0 spiro atoms. The predicted octanol–water partition coefficient (Wildman–Crippen LogP) is 11.4. The molecule has 22 heterocycles. The molecule has 19 saturated heterocycles. The number of ether oxygens (including phenoxy) is 5. The molecule has 0 radical (unpaired) electrons. The highest BCUT2D eigenvalue weighted by atomic mass is 32.1. The Morgan fingerprint density at radius 1 is 0.633 bits per heavy atom. The quantitative estimate of drug-likeness (QED) is 0.0559. The van der Waals surface area contributed by atoms with Gasteiger partial charge in [-0.3, -0.25) is 53.7 Å². The van der Waals surface area contributed by atoms with Gasteiger partial charge in [0.25, 0.3) is 5.92 Å². The lowest BCUT2D eigenvalue weighted by Gasteiger charge is -2.78. The lowest BCUT2D eigenvalue weighted by atomic mass is 9.34. The number of nitrogens with one attached hydrogen (secondary N) is 5. The highest BCUT2D eigenvalue weighted by Gasteiger charge is 2.90. The van der Waals surface area contributed by atoms with Crippen molar-refractivity contribution in [3.05, 3.63) is 39.7 Å². The average Bonchev–Trinajstić information content (AvgIpc) is 1.59. The van der Waals surface area contributed by atoms with Gasteiger partial charge in [0.05, 0.1) is 100 Å². The second-order valence-corrected chi connectivity index (χ2v) is 52.3. The van der Waals surface area contributed by atoms with Crippen LogP contribution in [0, 0.1) is 45.8 Å². The van der Waals surface area contributed by atoms with E-state index in [9.17, 15) is 5.26 Å². The summed E-state index contributed by atoms with van der Waals surface area (Å²) >= 11 is 3.50. The number of methoxy groups -OCH3 is 1. The molecule has 0 aromatic carbocycles. The molecule has 2 aromatic heterocycles. The van der Waals surface area contributed by atoms with Gasteiger partial charge < -0.3 is 74.8 Å². The molecule has 21 aliphatic rings. The van der Waals surface area contributed by atoms with Gasteiger partial charge in [-0.1, -0.05) is 39.0 Å². The van der Waals surface area contributed by atoms with Crippen molar-refractivity contribution in [2.24, 2.45) is 34.5 Å². The number of nitriles is 1. The molecule has 818 valence electrons. The van der Waals surface area contributed by atoms with Gasteiger partial charge in [0.2, 0.25) is 11.8 Å². The van der Waals surface area contributed by atoms with Crippen LogP contribution in [0.4, 0.5) is 8.78 Å². The number of nitrogens with zero attached hydrogens (tertiary/aromatic N) is 17. The van der Waals surface area contributed by atoms with Crippen molar-refractivity contribution in [3.63, 3.8) is 0 Å². The predicted molar refractivity (Wildman–Crippen MR) is 574 cm³/mol. The Hall–Kier alpha value is -4.01. The minimum atomic E-state index is -3.45. The van der Waals surface area contributed by atoms with E-state index in [2.05, 4.69) is 184 Å². The van der Waals surface area contributed by atoms with Crippen molar-refractivity contribution in [3.8, 4) is 16.0 Å². The molecule has 2 amide bonds. The second-order valence-electron chi connectivity index (χ2n) is 50.5. The first-order valence-corrected chi connectivity index (χ1v) is 61.3. The number of piperazine rings is 1. The maximum Gasteiger partial charge on any atom is 0.265 e. The van der Waals surface area contributed by atoms with E-state index in [1.807, 2.05) is 18.4 Å². The van der Waals surface area contributed by atoms with Gasteiger partial charge in [-0.15, -0.1) is 11.3 Å². The van der Waals surface area contributed by atoms with E-state index >= 15 is 18.4 Å². The number of rotatable bonds is 27. The Labute approximate surface area is 886 Å². The van der Waals surface area contributed by atoms with Crippen molar-refractivity contribution in [2.45, 2.75) is 364 Å². The molecule has 33 heteroatoms. The number of alkyl halides is 2. The normalized spacial score (nSPS) is 42.0. The lowest BCUT2D eigenvalue weighted by molar-refractivity contribution is -0.451. The fraction of sp³-hybridized carbons (Fsp3) is 0.886. The molecule has 2 aromatic rings. The van der Waals surface area contributed by atoms with E-state index in [0.717, 1.165) is 266 Å². The first-order chi connectivity index (χ1) is 71.5. The molecule has 147 heavy (non-hydrogen) atoms. The van der Waals surface area contributed by atoms with Crippen LogP contribution in [0.1, 0.15) is 268 Å². The maximum atomic E-state index is 20.3. The van der Waals surface area contributed by atoms with Gasteiger partial charge in [0.1, 0.15) is 46.3 Å². The van der Waals surface area contributed by atoms with Crippen molar-refractivity contribution in [2.75, 3.05) is 246 Å². The smallest absolute Gasteiger partial charge is 0.265 e. The number of amides is 2. The Balaban J connectivity index is 0.717. The van der Waals surface area contributed by atoms with E-state index in [-0.39, 0.29) is 84.9 Å². The number of morpholine rings is 2. The summed E-state index contributed by atoms with van der Waals surface area (Å²) in [6.07, 6.45) is 34.4. The number of halogens is 2. The summed E-state index contributed by atoms with van der Waals surface area (Å²) in [6.45, 7) is 30.4. The Kier molecular flexibility index (Phi) is 30.8. The van der Waals surface area contributed by atoms with Crippen LogP contribution in [0.15, 0.2) is 23.6 Å². The molecule has 1 saturated carbocycles. The molecule has 20 fully saturated rings. The molecule has 1 aliphatic carbocycles. The fourth-order valence-corrected chi connectivity index (χ4v) is 40.1.